The summed E-state index contributed by atoms with van der Waals surface area (Å²) in [5, 5.41) is 0. The molecule has 6 nitrogen and oxygen atoms in total. The van der Waals surface area contributed by atoms with Crippen LogP contribution in [-0.4, -0.2) is 22.6 Å². The summed E-state index contributed by atoms with van der Waals surface area (Å²) in [6.45, 7) is 3.22. The average Bonchev–Trinajstić information content (AvgIpc) is 2.76. The first-order valence-electron chi connectivity index (χ1n) is 5.62. The lowest BCUT2D eigenvalue weighted by Gasteiger charge is -2.25. The Morgan fingerprint density at radius 1 is 1.56 bits per heavy atom. The predicted molar refractivity (Wildman–Crippen MR) is 64.9 cm³/mol. The normalized spacial score (nSPS) is 20.1. The van der Waals surface area contributed by atoms with Gasteiger partial charge in [-0.15, -0.1) is 0 Å². The van der Waals surface area contributed by atoms with Gasteiger partial charge in [-0.1, -0.05) is 6.92 Å². The molecular formula is C10H18N6. The van der Waals surface area contributed by atoms with Crippen molar-refractivity contribution in [2.24, 2.45) is 5.84 Å². The fourth-order valence-corrected chi connectivity index (χ4v) is 2.24. The second kappa shape index (κ2) is 4.52. The number of nitrogens with zero attached hydrogens (tertiary/aromatic N) is 3. The molecule has 1 aliphatic rings. The average molecular weight is 222 g/mol. The molecule has 1 fully saturated rings. The lowest BCUT2D eigenvalue weighted by Crippen LogP contribution is -2.29. The number of rotatable bonds is 3. The van der Waals surface area contributed by atoms with Crippen molar-refractivity contribution in [3.8, 4) is 0 Å². The summed E-state index contributed by atoms with van der Waals surface area (Å²) >= 11 is 0. The monoisotopic (exact) mass is 222 g/mol. The van der Waals surface area contributed by atoms with Crippen LogP contribution in [0.15, 0.2) is 6.07 Å². The van der Waals surface area contributed by atoms with Gasteiger partial charge in [-0.25, -0.2) is 5.84 Å². The molecule has 1 aromatic heterocycles. The van der Waals surface area contributed by atoms with Crippen molar-refractivity contribution in [3.63, 3.8) is 0 Å². The van der Waals surface area contributed by atoms with Crippen molar-refractivity contribution < 1.29 is 0 Å². The summed E-state index contributed by atoms with van der Waals surface area (Å²) < 4.78 is 0. The number of hydrazine groups is 1. The first-order chi connectivity index (χ1) is 7.74. The molecule has 16 heavy (non-hydrogen) atoms. The highest BCUT2D eigenvalue weighted by Crippen LogP contribution is 2.27. The first-order valence-corrected chi connectivity index (χ1v) is 5.62. The second-order valence-electron chi connectivity index (χ2n) is 4.01. The van der Waals surface area contributed by atoms with E-state index in [2.05, 4.69) is 27.2 Å². The fourth-order valence-electron chi connectivity index (χ4n) is 2.24. The van der Waals surface area contributed by atoms with Crippen LogP contribution in [0.3, 0.4) is 0 Å². The third-order valence-electron chi connectivity index (χ3n) is 3.02. The van der Waals surface area contributed by atoms with Gasteiger partial charge in [-0.3, -0.25) is 0 Å². The van der Waals surface area contributed by atoms with Crippen LogP contribution < -0.4 is 21.9 Å². The van der Waals surface area contributed by atoms with E-state index in [9.17, 15) is 0 Å². The molecule has 6 heteroatoms. The predicted octanol–water partition coefficient (Wildman–Crippen LogP) is 0.723. The zero-order valence-corrected chi connectivity index (χ0v) is 9.48. The summed E-state index contributed by atoms with van der Waals surface area (Å²) in [5.74, 6) is 7.02. The number of hydrogen-bond donors (Lipinski definition) is 3. The molecule has 0 radical (unpaired) electrons. The molecule has 2 rings (SSSR count). The van der Waals surface area contributed by atoms with Crippen LogP contribution >= 0.6 is 0 Å². The van der Waals surface area contributed by atoms with E-state index in [1.54, 1.807) is 0 Å². The maximum atomic E-state index is 5.65. The highest BCUT2D eigenvalue weighted by atomic mass is 15.3. The van der Waals surface area contributed by atoms with E-state index in [0.717, 1.165) is 18.8 Å². The largest absolute Gasteiger partial charge is 0.368 e. The molecule has 2 heterocycles. The van der Waals surface area contributed by atoms with Crippen LogP contribution in [-0.2, 0) is 0 Å². The van der Waals surface area contributed by atoms with Crippen molar-refractivity contribution >= 4 is 17.6 Å². The minimum atomic E-state index is 0.257. The molecule has 5 N–H and O–H groups in total. The Morgan fingerprint density at radius 3 is 3.06 bits per heavy atom. The van der Waals surface area contributed by atoms with Crippen molar-refractivity contribution in [3.05, 3.63) is 6.07 Å². The molecule has 1 aromatic rings. The second-order valence-corrected chi connectivity index (χ2v) is 4.01. The van der Waals surface area contributed by atoms with Gasteiger partial charge in [0.25, 0.3) is 0 Å². The van der Waals surface area contributed by atoms with Gasteiger partial charge in [0.05, 0.1) is 0 Å². The molecule has 0 saturated carbocycles. The molecule has 0 amide bonds. The number of hydrogen-bond acceptors (Lipinski definition) is 6. The van der Waals surface area contributed by atoms with E-state index < -0.39 is 0 Å². The Kier molecular flexibility index (Phi) is 3.09. The van der Waals surface area contributed by atoms with E-state index >= 15 is 0 Å². The maximum absolute atomic E-state index is 5.65. The van der Waals surface area contributed by atoms with E-state index in [0.29, 0.717) is 11.9 Å². The Labute approximate surface area is 95.0 Å². The fraction of sp³-hybridized carbons (Fsp3) is 0.600. The number of nitrogen functional groups attached to an aromatic ring is 2. The summed E-state index contributed by atoms with van der Waals surface area (Å²) in [5.41, 5.74) is 8.15. The summed E-state index contributed by atoms with van der Waals surface area (Å²) in [6, 6.07) is 2.39. The highest BCUT2D eigenvalue weighted by Gasteiger charge is 2.24. The summed E-state index contributed by atoms with van der Waals surface area (Å²) in [6.07, 6.45) is 3.54. The molecule has 0 spiro atoms. The van der Waals surface area contributed by atoms with Crippen LogP contribution in [0.2, 0.25) is 0 Å². The molecule has 0 bridgehead atoms. The minimum absolute atomic E-state index is 0.257. The smallest absolute Gasteiger partial charge is 0.223 e. The van der Waals surface area contributed by atoms with Crippen molar-refractivity contribution in [2.75, 3.05) is 22.6 Å². The number of aromatic nitrogens is 2. The quantitative estimate of drug-likeness (QED) is 0.515. The van der Waals surface area contributed by atoms with Crippen LogP contribution in [0, 0.1) is 0 Å². The third-order valence-corrected chi connectivity index (χ3v) is 3.02. The molecule has 88 valence electrons. The third kappa shape index (κ3) is 2.01. The lowest BCUT2D eigenvalue weighted by atomic mass is 10.2. The first kappa shape index (κ1) is 10.9. The Bertz CT molecular complexity index is 366. The van der Waals surface area contributed by atoms with Gasteiger partial charge < -0.3 is 16.1 Å². The molecule has 1 unspecified atom stereocenters. The van der Waals surface area contributed by atoms with Crippen molar-refractivity contribution in [1.82, 2.24) is 9.97 Å². The van der Waals surface area contributed by atoms with Crippen molar-refractivity contribution in [1.29, 1.82) is 0 Å². The Morgan fingerprint density at radius 2 is 2.38 bits per heavy atom. The van der Waals surface area contributed by atoms with Gasteiger partial charge >= 0.3 is 0 Å². The van der Waals surface area contributed by atoms with E-state index in [1.807, 2.05) is 6.07 Å². The van der Waals surface area contributed by atoms with E-state index in [-0.39, 0.29) is 5.95 Å². The molecular weight excluding hydrogens is 204 g/mol. The Hall–Kier alpha value is -1.56. The van der Waals surface area contributed by atoms with Gasteiger partial charge in [-0.05, 0) is 19.3 Å². The van der Waals surface area contributed by atoms with E-state index in [1.165, 1.54) is 12.8 Å². The number of anilines is 3. The highest BCUT2D eigenvalue weighted by molar-refractivity contribution is 5.53. The van der Waals surface area contributed by atoms with Crippen molar-refractivity contribution in [2.45, 2.75) is 32.2 Å². The zero-order chi connectivity index (χ0) is 11.5. The topological polar surface area (TPSA) is 93.1 Å². The maximum Gasteiger partial charge on any atom is 0.223 e. The SMILES string of the molecule is CCC1CCCN1c1cc(NN)nc(N)n1. The number of nitrogens with one attached hydrogen (secondary N) is 1. The zero-order valence-electron chi connectivity index (χ0n) is 9.48. The number of nitrogens with two attached hydrogens (primary N) is 2. The van der Waals surface area contributed by atoms with E-state index in [4.69, 9.17) is 11.6 Å². The van der Waals surface area contributed by atoms with Crippen LogP contribution in [0.25, 0.3) is 0 Å². The minimum Gasteiger partial charge on any atom is -0.368 e. The lowest BCUT2D eigenvalue weighted by molar-refractivity contribution is 0.640. The van der Waals surface area contributed by atoms with Crippen LogP contribution in [0.5, 0.6) is 0 Å². The Balaban J connectivity index is 2.28. The van der Waals surface area contributed by atoms with Gasteiger partial charge in [0, 0.05) is 18.7 Å². The molecule has 1 saturated heterocycles. The standard InChI is InChI=1S/C10H18N6/c1-2-7-4-3-5-16(7)9-6-8(15-12)13-10(11)14-9/h6-7H,2-5,12H2,1H3,(H3,11,13,14,15). The van der Waals surface area contributed by atoms with Gasteiger partial charge in [-0.2, -0.15) is 9.97 Å². The summed E-state index contributed by atoms with van der Waals surface area (Å²) in [7, 11) is 0. The van der Waals surface area contributed by atoms with Gasteiger partial charge in [0.2, 0.25) is 5.95 Å². The van der Waals surface area contributed by atoms with Gasteiger partial charge in [0.15, 0.2) is 0 Å². The van der Waals surface area contributed by atoms with Crippen LogP contribution in [0.4, 0.5) is 17.6 Å². The van der Waals surface area contributed by atoms with Crippen LogP contribution in [0.1, 0.15) is 26.2 Å². The molecule has 0 aliphatic carbocycles. The van der Waals surface area contributed by atoms with Gasteiger partial charge in [0.1, 0.15) is 11.6 Å². The summed E-state index contributed by atoms with van der Waals surface area (Å²) in [4.78, 5) is 10.5. The molecule has 1 atom stereocenters. The molecule has 1 aliphatic heterocycles. The molecule has 0 aromatic carbocycles.